The van der Waals surface area contributed by atoms with Crippen molar-refractivity contribution in [2.45, 2.75) is 38.3 Å². The van der Waals surface area contributed by atoms with Crippen LogP contribution in [-0.2, 0) is 9.47 Å². The smallest absolute Gasteiger partial charge is 0.254 e. The number of rotatable bonds is 5. The largest absolute Gasteiger partial charge is 0.494 e. The first kappa shape index (κ1) is 17.2. The quantitative estimate of drug-likeness (QED) is 0.831. The van der Waals surface area contributed by atoms with Crippen molar-refractivity contribution < 1.29 is 19.0 Å². The van der Waals surface area contributed by atoms with Crippen LogP contribution in [0.1, 0.15) is 36.5 Å². The average Bonchev–Trinajstić information content (AvgIpc) is 3.10. The molecule has 3 atom stereocenters. The van der Waals surface area contributed by atoms with Crippen LogP contribution >= 0.6 is 0 Å². The summed E-state index contributed by atoms with van der Waals surface area (Å²) < 4.78 is 16.8. The van der Waals surface area contributed by atoms with Crippen LogP contribution in [0.5, 0.6) is 5.75 Å². The predicted octanol–water partition coefficient (Wildman–Crippen LogP) is 2.74. The van der Waals surface area contributed by atoms with E-state index < -0.39 is 0 Å². The minimum Gasteiger partial charge on any atom is -0.494 e. The van der Waals surface area contributed by atoms with E-state index in [9.17, 15) is 4.79 Å². The Bertz CT molecular complexity index is 545. The summed E-state index contributed by atoms with van der Waals surface area (Å²) in [4.78, 5) is 15.0. The topological polar surface area (TPSA) is 48.0 Å². The van der Waals surface area contributed by atoms with Crippen LogP contribution in [0.4, 0.5) is 0 Å². The third-order valence-corrected chi connectivity index (χ3v) is 5.14. The summed E-state index contributed by atoms with van der Waals surface area (Å²) >= 11 is 0. The molecule has 1 aromatic rings. The van der Waals surface area contributed by atoms with Crippen molar-refractivity contribution in [3.63, 3.8) is 0 Å². The average molecular weight is 333 g/mol. The molecule has 1 aliphatic carbocycles. The molecular formula is C19H27NO4. The van der Waals surface area contributed by atoms with Gasteiger partial charge in [-0.25, -0.2) is 0 Å². The van der Waals surface area contributed by atoms with Gasteiger partial charge in [0.1, 0.15) is 5.75 Å². The lowest BCUT2D eigenvalue weighted by Crippen LogP contribution is -2.53. The fraction of sp³-hybridized carbons (Fsp3) is 0.632. The maximum atomic E-state index is 13.0. The summed E-state index contributed by atoms with van der Waals surface area (Å²) in [5.41, 5.74) is 0.706. The lowest BCUT2D eigenvalue weighted by Gasteiger charge is -2.40. The van der Waals surface area contributed by atoms with E-state index in [1.54, 1.807) is 7.11 Å². The highest BCUT2D eigenvalue weighted by Gasteiger charge is 2.40. The molecule has 2 fully saturated rings. The highest BCUT2D eigenvalue weighted by Crippen LogP contribution is 2.34. The van der Waals surface area contributed by atoms with Gasteiger partial charge in [-0.3, -0.25) is 4.79 Å². The molecule has 1 aliphatic heterocycles. The van der Waals surface area contributed by atoms with Crippen LogP contribution in [0.3, 0.4) is 0 Å². The molecule has 1 heterocycles. The number of hydrogen-bond acceptors (Lipinski definition) is 4. The molecule has 0 bridgehead atoms. The third-order valence-electron chi connectivity index (χ3n) is 5.14. The highest BCUT2D eigenvalue weighted by molar-refractivity contribution is 5.94. The predicted molar refractivity (Wildman–Crippen MR) is 91.4 cm³/mol. The first-order valence-electron chi connectivity index (χ1n) is 8.89. The molecule has 1 saturated heterocycles. The Hall–Kier alpha value is -1.59. The molecule has 5 nitrogen and oxygen atoms in total. The van der Waals surface area contributed by atoms with Gasteiger partial charge in [0.25, 0.3) is 5.91 Å². The van der Waals surface area contributed by atoms with Gasteiger partial charge in [-0.2, -0.15) is 0 Å². The number of methoxy groups -OCH3 is 1. The Morgan fingerprint density at radius 3 is 2.79 bits per heavy atom. The minimum absolute atomic E-state index is 0.0769. The summed E-state index contributed by atoms with van der Waals surface area (Å²) in [7, 11) is 1.77. The number of nitrogens with zero attached hydrogens (tertiary/aromatic N) is 1. The fourth-order valence-corrected chi connectivity index (χ4v) is 3.94. The zero-order chi connectivity index (χ0) is 16.9. The highest BCUT2D eigenvalue weighted by atomic mass is 16.5. The number of amides is 1. The number of hydrogen-bond donors (Lipinski definition) is 0. The van der Waals surface area contributed by atoms with Crippen LogP contribution in [0.15, 0.2) is 24.3 Å². The molecule has 0 N–H and O–H groups in total. The van der Waals surface area contributed by atoms with Gasteiger partial charge in [-0.1, -0.05) is 6.42 Å². The first-order chi connectivity index (χ1) is 11.7. The van der Waals surface area contributed by atoms with E-state index in [0.717, 1.165) is 25.0 Å². The molecule has 0 radical (unpaired) electrons. The lowest BCUT2D eigenvalue weighted by atomic mass is 9.93. The van der Waals surface area contributed by atoms with Crippen molar-refractivity contribution in [3.8, 4) is 5.75 Å². The second kappa shape index (κ2) is 7.99. The van der Waals surface area contributed by atoms with E-state index in [4.69, 9.17) is 14.2 Å². The zero-order valence-electron chi connectivity index (χ0n) is 14.6. The molecule has 3 unspecified atom stereocenters. The molecule has 1 saturated carbocycles. The van der Waals surface area contributed by atoms with Crippen molar-refractivity contribution in [2.24, 2.45) is 5.92 Å². The van der Waals surface area contributed by atoms with Crippen molar-refractivity contribution in [3.05, 3.63) is 29.8 Å². The van der Waals surface area contributed by atoms with Crippen molar-refractivity contribution >= 4 is 5.91 Å². The van der Waals surface area contributed by atoms with Crippen LogP contribution in [0.25, 0.3) is 0 Å². The van der Waals surface area contributed by atoms with Gasteiger partial charge >= 0.3 is 0 Å². The Kier molecular flexibility index (Phi) is 5.74. The SMILES string of the molecule is CCOc1ccc(C(=O)N2CCOCC2C2CCCC2OC)cc1. The maximum absolute atomic E-state index is 13.0. The molecule has 132 valence electrons. The molecule has 3 rings (SSSR count). The number of carbonyl (C=O) groups is 1. The lowest BCUT2D eigenvalue weighted by molar-refractivity contribution is -0.0460. The normalized spacial score (nSPS) is 27.2. The van der Waals surface area contributed by atoms with E-state index in [0.29, 0.717) is 37.8 Å². The summed E-state index contributed by atoms with van der Waals surface area (Å²) in [6, 6.07) is 7.52. The van der Waals surface area contributed by atoms with Crippen molar-refractivity contribution in [1.82, 2.24) is 4.90 Å². The van der Waals surface area contributed by atoms with Gasteiger partial charge in [0.05, 0.1) is 32.0 Å². The molecule has 5 heteroatoms. The van der Waals surface area contributed by atoms with Gasteiger partial charge in [0.15, 0.2) is 0 Å². The minimum atomic E-state index is 0.0769. The van der Waals surface area contributed by atoms with E-state index in [1.807, 2.05) is 36.1 Å². The van der Waals surface area contributed by atoms with Gasteiger partial charge in [-0.15, -0.1) is 0 Å². The van der Waals surface area contributed by atoms with E-state index in [-0.39, 0.29) is 18.1 Å². The second-order valence-corrected chi connectivity index (χ2v) is 6.47. The Balaban J connectivity index is 1.75. The van der Waals surface area contributed by atoms with E-state index in [1.165, 1.54) is 0 Å². The van der Waals surface area contributed by atoms with Crippen molar-refractivity contribution in [1.29, 1.82) is 0 Å². The molecule has 2 aliphatic rings. The molecule has 1 amide bonds. The summed E-state index contributed by atoms with van der Waals surface area (Å²) in [6.07, 6.45) is 3.56. The number of benzene rings is 1. The van der Waals surface area contributed by atoms with Gasteiger partial charge in [-0.05, 0) is 44.0 Å². The van der Waals surface area contributed by atoms with Crippen LogP contribution in [0, 0.1) is 5.92 Å². The second-order valence-electron chi connectivity index (χ2n) is 6.47. The number of carbonyl (C=O) groups excluding carboxylic acids is 1. The number of ether oxygens (including phenoxy) is 3. The molecule has 1 aromatic carbocycles. The summed E-state index contributed by atoms with van der Waals surface area (Å²) in [5, 5.41) is 0. The maximum Gasteiger partial charge on any atom is 0.254 e. The van der Waals surface area contributed by atoms with Gasteiger partial charge in [0, 0.05) is 25.1 Å². The zero-order valence-corrected chi connectivity index (χ0v) is 14.6. The third kappa shape index (κ3) is 3.57. The monoisotopic (exact) mass is 333 g/mol. The van der Waals surface area contributed by atoms with E-state index in [2.05, 4.69) is 0 Å². The molecule has 24 heavy (non-hydrogen) atoms. The Morgan fingerprint density at radius 2 is 2.08 bits per heavy atom. The molecule has 0 aromatic heterocycles. The van der Waals surface area contributed by atoms with Gasteiger partial charge < -0.3 is 19.1 Å². The Morgan fingerprint density at radius 1 is 1.29 bits per heavy atom. The van der Waals surface area contributed by atoms with Crippen LogP contribution in [-0.4, -0.2) is 56.4 Å². The Labute approximate surface area is 143 Å². The van der Waals surface area contributed by atoms with Crippen LogP contribution < -0.4 is 4.74 Å². The standard InChI is InChI=1S/C19H27NO4/c1-3-24-15-9-7-14(8-10-15)19(21)20-11-12-23-13-17(20)16-5-4-6-18(16)22-2/h7-10,16-18H,3-6,11-13H2,1-2H3. The first-order valence-corrected chi connectivity index (χ1v) is 8.89. The van der Waals surface area contributed by atoms with E-state index >= 15 is 0 Å². The fourth-order valence-electron chi connectivity index (χ4n) is 3.94. The van der Waals surface area contributed by atoms with Crippen molar-refractivity contribution in [2.75, 3.05) is 33.5 Å². The summed E-state index contributed by atoms with van der Waals surface area (Å²) in [6.45, 7) is 4.42. The molecule has 0 spiro atoms. The van der Waals surface area contributed by atoms with Gasteiger partial charge in [0.2, 0.25) is 0 Å². The summed E-state index contributed by atoms with van der Waals surface area (Å²) in [5.74, 6) is 1.23. The molecular weight excluding hydrogens is 306 g/mol. The number of morpholine rings is 1. The van der Waals surface area contributed by atoms with Crippen LogP contribution in [0.2, 0.25) is 0 Å².